The smallest absolute Gasteiger partial charge is 0.246 e. The number of benzene rings is 2. The molecule has 1 amide bonds. The molecule has 1 heterocycles. The molecule has 0 spiro atoms. The maximum atomic E-state index is 13.8. The molecule has 1 N–H and O–H groups in total. The molecule has 4 rings (SSSR count). The first-order valence-corrected chi connectivity index (χ1v) is 8.63. The number of carbonyl (C=O) groups excluding carboxylic acids is 1. The third-order valence-corrected chi connectivity index (χ3v) is 4.81. The standard InChI is InChI=1S/C20H18FN3O3/c1-26-14-8-6-13(7-9-14)20(10-11-20)19(25)22-12-17-23-18(24-27-17)15-4-2-3-5-16(15)21/h2-9H,10-12H2,1H3,(H,22,25). The molecule has 2 aromatic carbocycles. The molecule has 0 radical (unpaired) electrons. The second-order valence-electron chi connectivity index (χ2n) is 6.48. The monoisotopic (exact) mass is 367 g/mol. The zero-order valence-electron chi connectivity index (χ0n) is 14.7. The topological polar surface area (TPSA) is 77.2 Å². The van der Waals surface area contributed by atoms with Crippen molar-refractivity contribution in [1.82, 2.24) is 15.5 Å². The van der Waals surface area contributed by atoms with Crippen molar-refractivity contribution >= 4 is 5.91 Å². The average Bonchev–Trinajstić information content (AvgIpc) is 3.39. The van der Waals surface area contributed by atoms with E-state index in [1.54, 1.807) is 25.3 Å². The Hall–Kier alpha value is -3.22. The van der Waals surface area contributed by atoms with Gasteiger partial charge < -0.3 is 14.6 Å². The van der Waals surface area contributed by atoms with E-state index in [4.69, 9.17) is 9.26 Å². The molecule has 0 bridgehead atoms. The zero-order valence-corrected chi connectivity index (χ0v) is 14.7. The predicted octanol–water partition coefficient (Wildman–Crippen LogP) is 3.23. The van der Waals surface area contributed by atoms with E-state index >= 15 is 0 Å². The molecule has 0 atom stereocenters. The lowest BCUT2D eigenvalue weighted by Crippen LogP contribution is -2.34. The van der Waals surface area contributed by atoms with Crippen molar-refractivity contribution in [3.05, 3.63) is 65.8 Å². The van der Waals surface area contributed by atoms with Crippen LogP contribution in [0, 0.1) is 5.82 Å². The van der Waals surface area contributed by atoms with E-state index in [1.165, 1.54) is 6.07 Å². The molecular weight excluding hydrogens is 349 g/mol. The maximum Gasteiger partial charge on any atom is 0.246 e. The average molecular weight is 367 g/mol. The Bertz CT molecular complexity index is 965. The first-order chi connectivity index (χ1) is 13.1. The molecule has 1 aromatic heterocycles. The fourth-order valence-corrected chi connectivity index (χ4v) is 3.09. The summed E-state index contributed by atoms with van der Waals surface area (Å²) in [6.45, 7) is 0.0954. The van der Waals surface area contributed by atoms with Crippen LogP contribution < -0.4 is 10.1 Å². The Kier molecular flexibility index (Phi) is 4.35. The number of amides is 1. The highest BCUT2D eigenvalue weighted by molar-refractivity contribution is 5.91. The summed E-state index contributed by atoms with van der Waals surface area (Å²) in [5.41, 5.74) is 0.704. The van der Waals surface area contributed by atoms with E-state index in [0.29, 0.717) is 0 Å². The molecule has 1 aliphatic carbocycles. The lowest BCUT2D eigenvalue weighted by Gasteiger charge is -2.15. The van der Waals surface area contributed by atoms with Crippen LogP contribution in [0.15, 0.2) is 53.1 Å². The summed E-state index contributed by atoms with van der Waals surface area (Å²) < 4.78 is 24.1. The van der Waals surface area contributed by atoms with Crippen LogP contribution in [0.5, 0.6) is 5.75 Å². The van der Waals surface area contributed by atoms with E-state index in [1.807, 2.05) is 24.3 Å². The van der Waals surface area contributed by atoms with Crippen LogP contribution in [0.3, 0.4) is 0 Å². The first kappa shape index (κ1) is 17.2. The number of halogens is 1. The Morgan fingerprint density at radius 3 is 2.63 bits per heavy atom. The number of aromatic nitrogens is 2. The highest BCUT2D eigenvalue weighted by Gasteiger charge is 2.51. The Morgan fingerprint density at radius 1 is 1.22 bits per heavy atom. The Labute approximate surface area is 155 Å². The van der Waals surface area contributed by atoms with E-state index in [0.717, 1.165) is 24.2 Å². The van der Waals surface area contributed by atoms with Crippen LogP contribution in [0.2, 0.25) is 0 Å². The minimum Gasteiger partial charge on any atom is -0.497 e. The highest BCUT2D eigenvalue weighted by atomic mass is 19.1. The van der Waals surface area contributed by atoms with Crippen LogP contribution in [-0.4, -0.2) is 23.2 Å². The van der Waals surface area contributed by atoms with Gasteiger partial charge in [-0.05, 0) is 42.7 Å². The van der Waals surface area contributed by atoms with Crippen molar-refractivity contribution in [2.45, 2.75) is 24.8 Å². The van der Waals surface area contributed by atoms with Gasteiger partial charge in [-0.15, -0.1) is 0 Å². The van der Waals surface area contributed by atoms with Crippen LogP contribution in [0.1, 0.15) is 24.3 Å². The number of nitrogens with zero attached hydrogens (tertiary/aromatic N) is 2. The van der Waals surface area contributed by atoms with Gasteiger partial charge in [-0.25, -0.2) is 4.39 Å². The molecule has 6 nitrogen and oxygen atoms in total. The molecular formula is C20H18FN3O3. The fourth-order valence-electron chi connectivity index (χ4n) is 3.09. The fraction of sp³-hybridized carbons (Fsp3) is 0.250. The molecule has 0 aliphatic heterocycles. The van der Waals surface area contributed by atoms with Crippen molar-refractivity contribution in [1.29, 1.82) is 0 Å². The molecule has 138 valence electrons. The normalized spacial score (nSPS) is 14.6. The van der Waals surface area contributed by atoms with E-state index < -0.39 is 11.2 Å². The summed E-state index contributed by atoms with van der Waals surface area (Å²) in [5.74, 6) is 0.630. The van der Waals surface area contributed by atoms with E-state index in [9.17, 15) is 9.18 Å². The SMILES string of the molecule is COc1ccc(C2(C(=O)NCc3nc(-c4ccccc4F)no3)CC2)cc1. The third kappa shape index (κ3) is 3.28. The number of ether oxygens (including phenoxy) is 1. The first-order valence-electron chi connectivity index (χ1n) is 8.63. The van der Waals surface area contributed by atoms with Crippen molar-refractivity contribution in [3.8, 4) is 17.1 Å². The number of rotatable bonds is 6. The molecule has 1 saturated carbocycles. The quantitative estimate of drug-likeness (QED) is 0.724. The molecule has 0 unspecified atom stereocenters. The minimum atomic E-state index is -0.513. The molecule has 27 heavy (non-hydrogen) atoms. The van der Waals surface area contributed by atoms with Crippen LogP contribution >= 0.6 is 0 Å². The van der Waals surface area contributed by atoms with Gasteiger partial charge in [0.2, 0.25) is 17.6 Å². The number of methoxy groups -OCH3 is 1. The predicted molar refractivity (Wildman–Crippen MR) is 95.4 cm³/mol. The van der Waals surface area contributed by atoms with Gasteiger partial charge in [-0.2, -0.15) is 4.98 Å². The summed E-state index contributed by atoms with van der Waals surface area (Å²) in [6, 6.07) is 13.7. The van der Waals surface area contributed by atoms with Gasteiger partial charge in [0.1, 0.15) is 11.6 Å². The summed E-state index contributed by atoms with van der Waals surface area (Å²) in [6.07, 6.45) is 1.57. The van der Waals surface area contributed by atoms with E-state index in [2.05, 4.69) is 15.5 Å². The largest absolute Gasteiger partial charge is 0.497 e. The molecule has 7 heteroatoms. The second kappa shape index (κ2) is 6.83. The summed E-state index contributed by atoms with van der Waals surface area (Å²) in [4.78, 5) is 16.9. The lowest BCUT2D eigenvalue weighted by molar-refractivity contribution is -0.123. The van der Waals surface area contributed by atoms with Crippen LogP contribution in [0.4, 0.5) is 4.39 Å². The number of hydrogen-bond donors (Lipinski definition) is 1. The van der Waals surface area contributed by atoms with Gasteiger partial charge in [-0.1, -0.05) is 29.4 Å². The van der Waals surface area contributed by atoms with Crippen LogP contribution in [-0.2, 0) is 16.8 Å². The van der Waals surface area contributed by atoms with Crippen molar-refractivity contribution in [3.63, 3.8) is 0 Å². The molecule has 1 aliphatic rings. The Balaban J connectivity index is 1.43. The summed E-state index contributed by atoms with van der Waals surface area (Å²) in [7, 11) is 1.61. The van der Waals surface area contributed by atoms with Crippen LogP contribution in [0.25, 0.3) is 11.4 Å². The van der Waals surface area contributed by atoms with Crippen molar-refractivity contribution in [2.24, 2.45) is 0 Å². The third-order valence-electron chi connectivity index (χ3n) is 4.81. The van der Waals surface area contributed by atoms with Crippen molar-refractivity contribution in [2.75, 3.05) is 7.11 Å². The van der Waals surface area contributed by atoms with Crippen molar-refractivity contribution < 1.29 is 18.4 Å². The van der Waals surface area contributed by atoms with E-state index in [-0.39, 0.29) is 29.7 Å². The Morgan fingerprint density at radius 2 is 1.96 bits per heavy atom. The summed E-state index contributed by atoms with van der Waals surface area (Å²) in [5, 5.41) is 6.64. The molecule has 3 aromatic rings. The minimum absolute atomic E-state index is 0.0849. The van der Waals surface area contributed by atoms with Gasteiger partial charge in [0.25, 0.3) is 0 Å². The zero-order chi connectivity index (χ0) is 18.9. The lowest BCUT2D eigenvalue weighted by atomic mass is 9.95. The van der Waals surface area contributed by atoms with Gasteiger partial charge in [0.15, 0.2) is 0 Å². The maximum absolute atomic E-state index is 13.8. The van der Waals surface area contributed by atoms with Gasteiger partial charge in [0, 0.05) is 0 Å². The number of hydrogen-bond acceptors (Lipinski definition) is 5. The van der Waals surface area contributed by atoms with Gasteiger partial charge in [0.05, 0.1) is 24.6 Å². The molecule has 1 fully saturated rings. The second-order valence-corrected chi connectivity index (χ2v) is 6.48. The molecule has 0 saturated heterocycles. The summed E-state index contributed by atoms with van der Waals surface area (Å²) >= 11 is 0. The number of carbonyl (C=O) groups is 1. The highest BCUT2D eigenvalue weighted by Crippen LogP contribution is 2.48. The van der Waals surface area contributed by atoms with Gasteiger partial charge >= 0.3 is 0 Å². The van der Waals surface area contributed by atoms with Gasteiger partial charge in [-0.3, -0.25) is 4.79 Å². The number of nitrogens with one attached hydrogen (secondary N) is 1.